The Kier molecular flexibility index (Phi) is 3.50. The second-order valence-corrected chi connectivity index (χ2v) is 5.51. The number of rotatable bonds is 3. The summed E-state index contributed by atoms with van der Waals surface area (Å²) in [6, 6.07) is -0.0534. The maximum atomic E-state index is 11.1. The van der Waals surface area contributed by atoms with Crippen molar-refractivity contribution in [3.8, 4) is 0 Å². The molecule has 1 aliphatic heterocycles. The molecule has 0 radical (unpaired) electrons. The number of hydrogen-bond acceptors (Lipinski definition) is 5. The third-order valence-electron chi connectivity index (χ3n) is 4.25. The molecule has 3 unspecified atom stereocenters. The van der Waals surface area contributed by atoms with Crippen molar-refractivity contribution < 1.29 is 9.32 Å². The van der Waals surface area contributed by atoms with Crippen molar-refractivity contribution in [2.75, 3.05) is 13.1 Å². The SMILES string of the molecule is CCC1CCC(c2noc(C3CNC(=O)CN3)n2)C1. The first-order valence-corrected chi connectivity index (χ1v) is 7.09. The maximum absolute atomic E-state index is 11.1. The van der Waals surface area contributed by atoms with E-state index >= 15 is 0 Å². The van der Waals surface area contributed by atoms with Crippen LogP contribution in [-0.4, -0.2) is 29.1 Å². The van der Waals surface area contributed by atoms with Crippen LogP contribution >= 0.6 is 0 Å². The van der Waals surface area contributed by atoms with Crippen molar-refractivity contribution >= 4 is 5.91 Å². The van der Waals surface area contributed by atoms with Gasteiger partial charge in [0.25, 0.3) is 0 Å². The first-order chi connectivity index (χ1) is 9.26. The molecule has 1 aromatic heterocycles. The van der Waals surface area contributed by atoms with Crippen LogP contribution in [0.2, 0.25) is 0 Å². The number of carbonyl (C=O) groups is 1. The Bertz CT molecular complexity index is 449. The van der Waals surface area contributed by atoms with Crippen molar-refractivity contribution in [3.05, 3.63) is 11.7 Å². The lowest BCUT2D eigenvalue weighted by Crippen LogP contribution is -2.47. The van der Waals surface area contributed by atoms with Crippen LogP contribution in [-0.2, 0) is 4.79 Å². The summed E-state index contributed by atoms with van der Waals surface area (Å²) >= 11 is 0. The Morgan fingerprint density at radius 3 is 3.00 bits per heavy atom. The van der Waals surface area contributed by atoms with Gasteiger partial charge in [-0.3, -0.25) is 10.1 Å². The summed E-state index contributed by atoms with van der Waals surface area (Å²) in [7, 11) is 0. The van der Waals surface area contributed by atoms with Crippen molar-refractivity contribution in [1.29, 1.82) is 0 Å². The van der Waals surface area contributed by atoms with Gasteiger partial charge in [-0.15, -0.1) is 0 Å². The van der Waals surface area contributed by atoms with Crippen LogP contribution in [0.5, 0.6) is 0 Å². The van der Waals surface area contributed by atoms with E-state index in [1.54, 1.807) is 0 Å². The monoisotopic (exact) mass is 264 g/mol. The van der Waals surface area contributed by atoms with Crippen LogP contribution in [0.25, 0.3) is 0 Å². The zero-order chi connectivity index (χ0) is 13.2. The number of piperazine rings is 1. The van der Waals surface area contributed by atoms with Gasteiger partial charge in [0.1, 0.15) is 6.04 Å². The fraction of sp³-hybridized carbons (Fsp3) is 0.769. The molecule has 1 aliphatic carbocycles. The van der Waals surface area contributed by atoms with Gasteiger partial charge in [0, 0.05) is 12.5 Å². The summed E-state index contributed by atoms with van der Waals surface area (Å²) < 4.78 is 5.35. The molecule has 1 amide bonds. The van der Waals surface area contributed by atoms with Crippen LogP contribution in [0, 0.1) is 5.92 Å². The molecule has 2 fully saturated rings. The zero-order valence-corrected chi connectivity index (χ0v) is 11.2. The first-order valence-electron chi connectivity index (χ1n) is 7.09. The van der Waals surface area contributed by atoms with Gasteiger partial charge >= 0.3 is 0 Å². The summed E-state index contributed by atoms with van der Waals surface area (Å²) in [5.74, 6) is 2.69. The van der Waals surface area contributed by atoms with E-state index < -0.39 is 0 Å². The molecule has 2 heterocycles. The van der Waals surface area contributed by atoms with Crippen LogP contribution in [0.15, 0.2) is 4.52 Å². The van der Waals surface area contributed by atoms with Gasteiger partial charge in [0.2, 0.25) is 11.8 Å². The average Bonchev–Trinajstić information content (AvgIpc) is 3.08. The summed E-state index contributed by atoms with van der Waals surface area (Å²) in [4.78, 5) is 15.6. The summed E-state index contributed by atoms with van der Waals surface area (Å²) in [5.41, 5.74) is 0. The summed E-state index contributed by atoms with van der Waals surface area (Å²) in [5, 5.41) is 10.0. The number of nitrogens with zero attached hydrogens (tertiary/aromatic N) is 2. The molecule has 1 saturated carbocycles. The molecule has 2 N–H and O–H groups in total. The fourth-order valence-corrected chi connectivity index (χ4v) is 2.98. The summed E-state index contributed by atoms with van der Waals surface area (Å²) in [6.07, 6.45) is 4.83. The maximum Gasteiger partial charge on any atom is 0.245 e. The first kappa shape index (κ1) is 12.6. The normalized spacial score (nSPS) is 31.4. The minimum Gasteiger partial charge on any atom is -0.353 e. The lowest BCUT2D eigenvalue weighted by Gasteiger charge is -2.20. The van der Waals surface area contributed by atoms with Gasteiger partial charge in [-0.1, -0.05) is 18.5 Å². The van der Waals surface area contributed by atoms with Crippen LogP contribution in [0.1, 0.15) is 56.3 Å². The van der Waals surface area contributed by atoms with E-state index in [4.69, 9.17) is 4.52 Å². The molecule has 6 nitrogen and oxygen atoms in total. The van der Waals surface area contributed by atoms with E-state index in [0.717, 1.165) is 18.2 Å². The van der Waals surface area contributed by atoms with Gasteiger partial charge in [-0.05, 0) is 25.2 Å². The largest absolute Gasteiger partial charge is 0.353 e. The molecule has 6 heteroatoms. The van der Waals surface area contributed by atoms with E-state index in [9.17, 15) is 4.79 Å². The molecule has 2 aliphatic rings. The highest BCUT2D eigenvalue weighted by atomic mass is 16.5. The Labute approximate surface area is 112 Å². The highest BCUT2D eigenvalue weighted by Gasteiger charge is 2.30. The van der Waals surface area contributed by atoms with Crippen molar-refractivity contribution in [2.45, 2.75) is 44.6 Å². The Morgan fingerprint density at radius 2 is 2.32 bits per heavy atom. The Balaban J connectivity index is 1.65. The van der Waals surface area contributed by atoms with Gasteiger partial charge in [-0.25, -0.2) is 0 Å². The number of carbonyl (C=O) groups excluding carboxylic acids is 1. The molecule has 0 spiro atoms. The van der Waals surface area contributed by atoms with Gasteiger partial charge in [0.05, 0.1) is 6.54 Å². The van der Waals surface area contributed by atoms with Gasteiger partial charge < -0.3 is 9.84 Å². The smallest absolute Gasteiger partial charge is 0.245 e. The number of hydrogen-bond donors (Lipinski definition) is 2. The molecular formula is C13H20N4O2. The molecule has 1 aromatic rings. The van der Waals surface area contributed by atoms with Crippen LogP contribution in [0.3, 0.4) is 0 Å². The third kappa shape index (κ3) is 2.63. The second kappa shape index (κ2) is 5.28. The Hall–Kier alpha value is -1.43. The second-order valence-electron chi connectivity index (χ2n) is 5.51. The number of nitrogens with one attached hydrogen (secondary N) is 2. The molecule has 1 saturated heterocycles. The molecule has 19 heavy (non-hydrogen) atoms. The molecule has 3 atom stereocenters. The molecule has 3 rings (SSSR count). The third-order valence-corrected chi connectivity index (χ3v) is 4.25. The molecular weight excluding hydrogens is 244 g/mol. The van der Waals surface area contributed by atoms with E-state index in [2.05, 4.69) is 27.7 Å². The van der Waals surface area contributed by atoms with Crippen molar-refractivity contribution in [3.63, 3.8) is 0 Å². The standard InChI is InChI=1S/C13H20N4O2/c1-2-8-3-4-9(5-8)12-16-13(19-17-12)10-6-15-11(18)7-14-10/h8-10,14H,2-7H2,1H3,(H,15,18). The highest BCUT2D eigenvalue weighted by molar-refractivity contribution is 5.78. The van der Waals surface area contributed by atoms with Crippen molar-refractivity contribution in [2.24, 2.45) is 5.92 Å². The van der Waals surface area contributed by atoms with Crippen molar-refractivity contribution in [1.82, 2.24) is 20.8 Å². The lowest BCUT2D eigenvalue weighted by atomic mass is 10.0. The highest BCUT2D eigenvalue weighted by Crippen LogP contribution is 2.38. The number of amides is 1. The van der Waals surface area contributed by atoms with Gasteiger partial charge in [0.15, 0.2) is 5.82 Å². The molecule has 0 aromatic carbocycles. The fourth-order valence-electron chi connectivity index (χ4n) is 2.98. The zero-order valence-electron chi connectivity index (χ0n) is 11.2. The number of aromatic nitrogens is 2. The quantitative estimate of drug-likeness (QED) is 0.855. The van der Waals surface area contributed by atoms with E-state index in [1.165, 1.54) is 19.3 Å². The average molecular weight is 264 g/mol. The summed E-state index contributed by atoms with van der Waals surface area (Å²) in [6.45, 7) is 3.07. The molecule has 104 valence electrons. The van der Waals surface area contributed by atoms with E-state index in [-0.39, 0.29) is 11.9 Å². The van der Waals surface area contributed by atoms with Gasteiger partial charge in [-0.2, -0.15) is 4.98 Å². The predicted molar refractivity (Wildman–Crippen MR) is 68.4 cm³/mol. The lowest BCUT2D eigenvalue weighted by molar-refractivity contribution is -0.121. The van der Waals surface area contributed by atoms with Crippen LogP contribution < -0.4 is 10.6 Å². The topological polar surface area (TPSA) is 80.0 Å². The van der Waals surface area contributed by atoms with E-state index in [0.29, 0.717) is 24.9 Å². The van der Waals surface area contributed by atoms with Crippen LogP contribution in [0.4, 0.5) is 0 Å². The minimum absolute atomic E-state index is 0.0116. The Morgan fingerprint density at radius 1 is 1.42 bits per heavy atom. The minimum atomic E-state index is -0.0534. The molecule has 0 bridgehead atoms. The predicted octanol–water partition coefficient (Wildman–Crippen LogP) is 1.12. The van der Waals surface area contributed by atoms with E-state index in [1.807, 2.05) is 0 Å².